The average molecular weight is 714 g/mol. The van der Waals surface area contributed by atoms with Crippen molar-refractivity contribution in [2.75, 3.05) is 4.90 Å². The third-order valence-corrected chi connectivity index (χ3v) is 13.1. The molecule has 54 heavy (non-hydrogen) atoms. The Labute approximate surface area is 321 Å². The molecule has 0 aliphatic heterocycles. The number of para-hydroxylation sites is 1. The van der Waals surface area contributed by atoms with E-state index >= 15 is 0 Å². The van der Waals surface area contributed by atoms with Crippen LogP contribution in [0.3, 0.4) is 0 Å². The fraction of sp³-hybridized carbons (Fsp3) is 0.137. The summed E-state index contributed by atoms with van der Waals surface area (Å²) in [7, 11) is 0. The Morgan fingerprint density at radius 3 is 2.46 bits per heavy atom. The van der Waals surface area contributed by atoms with E-state index in [1.54, 1.807) is 6.08 Å². The average Bonchev–Trinajstić information content (AvgIpc) is 3.87. The Hall–Kier alpha value is -6.08. The molecule has 3 heteroatoms. The van der Waals surface area contributed by atoms with Crippen molar-refractivity contribution in [3.63, 3.8) is 0 Å². The highest BCUT2D eigenvalue weighted by Crippen LogP contribution is 2.60. The van der Waals surface area contributed by atoms with Crippen LogP contribution in [0.2, 0.25) is 0 Å². The van der Waals surface area contributed by atoms with Gasteiger partial charge in [0.2, 0.25) is 0 Å². The van der Waals surface area contributed by atoms with Gasteiger partial charge in [0.1, 0.15) is 11.3 Å². The summed E-state index contributed by atoms with van der Waals surface area (Å²) in [5.41, 5.74) is 14.0. The number of thiophene rings is 1. The molecule has 0 fully saturated rings. The van der Waals surface area contributed by atoms with E-state index in [0.29, 0.717) is 5.92 Å². The quantitative estimate of drug-likeness (QED) is 0.160. The van der Waals surface area contributed by atoms with E-state index in [1.807, 2.05) is 17.4 Å². The zero-order valence-corrected chi connectivity index (χ0v) is 31.3. The molecule has 0 amide bonds. The van der Waals surface area contributed by atoms with Crippen molar-refractivity contribution in [1.29, 1.82) is 0 Å². The maximum absolute atomic E-state index is 6.91. The van der Waals surface area contributed by atoms with Gasteiger partial charge in [0, 0.05) is 43.2 Å². The molecule has 3 aliphatic carbocycles. The predicted octanol–water partition coefficient (Wildman–Crippen LogP) is 13.7. The van der Waals surface area contributed by atoms with Gasteiger partial charge in [-0.15, -0.1) is 17.8 Å². The summed E-state index contributed by atoms with van der Waals surface area (Å²) in [6, 6.07) is 44.7. The minimum atomic E-state index is -0.550. The maximum atomic E-state index is 6.91. The third kappa shape index (κ3) is 4.73. The largest absolute Gasteiger partial charge is 0.456 e. The number of fused-ring (bicyclic) bond motifs is 6. The van der Waals surface area contributed by atoms with Crippen LogP contribution in [-0.2, 0) is 5.41 Å². The van der Waals surface area contributed by atoms with E-state index in [0.717, 1.165) is 52.9 Å². The fourth-order valence-electron chi connectivity index (χ4n) is 9.47. The van der Waals surface area contributed by atoms with Crippen LogP contribution < -0.4 is 4.90 Å². The highest BCUT2D eigenvalue weighted by atomic mass is 32.1. The molecule has 2 nitrogen and oxygen atoms in total. The van der Waals surface area contributed by atoms with E-state index in [4.69, 9.17) is 10.8 Å². The van der Waals surface area contributed by atoms with Crippen LogP contribution in [-0.4, -0.2) is 0 Å². The number of nitrogens with zero attached hydrogens (tertiary/aromatic N) is 1. The van der Waals surface area contributed by atoms with Crippen LogP contribution in [0.5, 0.6) is 0 Å². The lowest BCUT2D eigenvalue weighted by Crippen LogP contribution is -2.31. The van der Waals surface area contributed by atoms with Crippen molar-refractivity contribution in [3.8, 4) is 12.3 Å². The van der Waals surface area contributed by atoms with Gasteiger partial charge in [-0.1, -0.05) is 122 Å². The van der Waals surface area contributed by atoms with Crippen LogP contribution in [0.4, 0.5) is 11.4 Å². The summed E-state index contributed by atoms with van der Waals surface area (Å²) in [5, 5.41) is 2.45. The Kier molecular flexibility index (Phi) is 7.72. The van der Waals surface area contributed by atoms with Gasteiger partial charge >= 0.3 is 0 Å². The molecule has 2 heterocycles. The summed E-state index contributed by atoms with van der Waals surface area (Å²) in [6.45, 7) is 4.55. The van der Waals surface area contributed by atoms with Crippen molar-refractivity contribution in [2.24, 2.45) is 0 Å². The van der Waals surface area contributed by atoms with Gasteiger partial charge in [-0.3, -0.25) is 0 Å². The first kappa shape index (κ1) is 32.6. The summed E-state index contributed by atoms with van der Waals surface area (Å²) < 4.78 is 8.23. The zero-order chi connectivity index (χ0) is 36.4. The number of hydrogen-bond acceptors (Lipinski definition) is 3. The van der Waals surface area contributed by atoms with Gasteiger partial charge in [0.15, 0.2) is 0 Å². The minimum absolute atomic E-state index is 0.441. The van der Waals surface area contributed by atoms with Crippen molar-refractivity contribution in [2.45, 2.75) is 44.4 Å². The van der Waals surface area contributed by atoms with Crippen LogP contribution in [0.1, 0.15) is 76.1 Å². The number of benzene rings is 5. The third-order valence-electron chi connectivity index (χ3n) is 11.7. The second-order valence-electron chi connectivity index (χ2n) is 14.7. The van der Waals surface area contributed by atoms with Gasteiger partial charge in [0.05, 0.1) is 16.8 Å². The SMILES string of the molecule is C#C/C=C\c1oc2cc(N(C3=CCC(C)c4sc5ccccc5c43)c3ccccc3)cc(C3(c4ccccc4)C4=C(C=CCC4)c4ccccc43)c2c1C. The Bertz CT molecular complexity index is 2780. The van der Waals surface area contributed by atoms with E-state index in [2.05, 4.69) is 164 Å². The molecule has 7 aromatic rings. The smallest absolute Gasteiger partial charge is 0.137 e. The van der Waals surface area contributed by atoms with Gasteiger partial charge in [-0.25, -0.2) is 0 Å². The standard InChI is InChI=1S/C51H39NOS/c1-4-5-27-45-34(3)48-43(51(35-18-8-6-9-19-35)41-25-15-12-22-38(41)39-23-13-16-26-42(39)51)31-37(32-46(48)53-45)52(36-20-10-7-11-21-36)44-30-29-33(2)50-49(44)40-24-14-17-28-47(40)54-50/h1,5-15,17-25,27-28,30-33H,16,26,29H2,2-3H3/b27-5-. The molecular weight excluding hydrogens is 675 g/mol. The first-order valence-corrected chi connectivity index (χ1v) is 19.7. The summed E-state index contributed by atoms with van der Waals surface area (Å²) in [4.78, 5) is 3.93. The Morgan fingerprint density at radius 2 is 1.63 bits per heavy atom. The Balaban J connectivity index is 1.34. The normalized spacial score (nSPS) is 18.8. The molecule has 2 unspecified atom stereocenters. The lowest BCUT2D eigenvalue weighted by atomic mass is 9.64. The fourth-order valence-corrected chi connectivity index (χ4v) is 10.7. The highest BCUT2D eigenvalue weighted by Gasteiger charge is 2.49. The molecule has 0 spiro atoms. The molecule has 0 N–H and O–H groups in total. The molecule has 10 rings (SSSR count). The molecule has 260 valence electrons. The van der Waals surface area contributed by atoms with Crippen LogP contribution in [0.15, 0.2) is 156 Å². The van der Waals surface area contributed by atoms with E-state index < -0.39 is 5.41 Å². The minimum Gasteiger partial charge on any atom is -0.456 e. The van der Waals surface area contributed by atoms with Gasteiger partial charge in [0.25, 0.3) is 0 Å². The number of anilines is 2. The predicted molar refractivity (Wildman–Crippen MR) is 228 cm³/mol. The lowest BCUT2D eigenvalue weighted by molar-refractivity contribution is 0.601. The number of hydrogen-bond donors (Lipinski definition) is 0. The molecule has 0 saturated carbocycles. The molecule has 3 aliphatic rings. The number of allylic oxidation sites excluding steroid dienone is 6. The molecule has 2 atom stereocenters. The molecular formula is C51H39NOS. The monoisotopic (exact) mass is 713 g/mol. The number of terminal acetylenes is 1. The second-order valence-corrected chi connectivity index (χ2v) is 15.8. The topological polar surface area (TPSA) is 16.4 Å². The van der Waals surface area contributed by atoms with Crippen LogP contribution >= 0.6 is 11.3 Å². The van der Waals surface area contributed by atoms with E-state index in [-0.39, 0.29) is 0 Å². The van der Waals surface area contributed by atoms with Crippen molar-refractivity contribution >= 4 is 61.1 Å². The number of aryl methyl sites for hydroxylation is 1. The van der Waals surface area contributed by atoms with Crippen LogP contribution in [0.25, 0.3) is 38.4 Å². The van der Waals surface area contributed by atoms with Gasteiger partial charge in [-0.2, -0.15) is 0 Å². The van der Waals surface area contributed by atoms with Crippen molar-refractivity contribution in [3.05, 3.63) is 195 Å². The zero-order valence-electron chi connectivity index (χ0n) is 30.5. The van der Waals surface area contributed by atoms with Crippen molar-refractivity contribution in [1.82, 2.24) is 0 Å². The first-order chi connectivity index (χ1) is 26.6. The molecule has 0 radical (unpaired) electrons. The summed E-state index contributed by atoms with van der Waals surface area (Å²) in [6.07, 6.45) is 19.5. The number of furan rings is 1. The maximum Gasteiger partial charge on any atom is 0.137 e. The number of rotatable bonds is 6. The van der Waals surface area contributed by atoms with Crippen molar-refractivity contribution < 1.29 is 4.42 Å². The first-order valence-electron chi connectivity index (χ1n) is 18.9. The lowest BCUT2D eigenvalue weighted by Gasteiger charge is -2.38. The van der Waals surface area contributed by atoms with E-state index in [9.17, 15) is 0 Å². The summed E-state index contributed by atoms with van der Waals surface area (Å²) in [5.74, 6) is 3.92. The molecule has 5 aromatic carbocycles. The summed E-state index contributed by atoms with van der Waals surface area (Å²) >= 11 is 1.94. The second kappa shape index (κ2) is 12.8. The highest BCUT2D eigenvalue weighted by molar-refractivity contribution is 7.19. The van der Waals surface area contributed by atoms with Crippen LogP contribution in [0, 0.1) is 19.3 Å². The molecule has 0 bridgehead atoms. The van der Waals surface area contributed by atoms with E-state index in [1.165, 1.54) is 59.6 Å². The molecule has 2 aromatic heterocycles. The van der Waals surface area contributed by atoms with Gasteiger partial charge in [-0.05, 0) is 102 Å². The Morgan fingerprint density at radius 1 is 0.870 bits per heavy atom. The molecule has 0 saturated heterocycles. The van der Waals surface area contributed by atoms with Gasteiger partial charge < -0.3 is 9.32 Å².